The lowest BCUT2D eigenvalue weighted by atomic mass is 10.1. The summed E-state index contributed by atoms with van der Waals surface area (Å²) < 4.78 is 0. The molecule has 4 rings (SSSR count). The first kappa shape index (κ1) is 18.0. The van der Waals surface area contributed by atoms with Gasteiger partial charge in [0, 0.05) is 31.6 Å². The molecule has 9 heteroatoms. The summed E-state index contributed by atoms with van der Waals surface area (Å²) in [6, 6.07) is 0.0488. The Labute approximate surface area is 161 Å². The number of fused-ring (bicyclic) bond motifs is 1. The smallest absolute Gasteiger partial charge is 0.320 e. The number of aromatic nitrogens is 2. The number of hydrogen-bond donors (Lipinski definition) is 2. The van der Waals surface area contributed by atoms with Gasteiger partial charge in [0.1, 0.15) is 9.71 Å². The highest BCUT2D eigenvalue weighted by Gasteiger charge is 2.35. The van der Waals surface area contributed by atoms with E-state index in [4.69, 9.17) is 5.73 Å². The van der Waals surface area contributed by atoms with Gasteiger partial charge in [0.2, 0.25) is 0 Å². The maximum Gasteiger partial charge on any atom is 0.320 e. The normalized spacial score (nSPS) is 17.9. The molecule has 0 bridgehead atoms. The van der Waals surface area contributed by atoms with Crippen molar-refractivity contribution in [2.45, 2.75) is 39.2 Å². The molecular formula is C18H24N6O2S. The van der Waals surface area contributed by atoms with E-state index < -0.39 is 0 Å². The highest BCUT2D eigenvalue weighted by molar-refractivity contribution is 7.21. The van der Waals surface area contributed by atoms with Crippen molar-refractivity contribution in [2.24, 2.45) is 0 Å². The van der Waals surface area contributed by atoms with Gasteiger partial charge in [-0.2, -0.15) is 5.10 Å². The molecule has 2 aliphatic heterocycles. The minimum atomic E-state index is -0.206. The van der Waals surface area contributed by atoms with Gasteiger partial charge in [0.05, 0.1) is 17.4 Å². The number of thiophene rings is 1. The second-order valence-electron chi connectivity index (χ2n) is 7.34. The largest absolute Gasteiger partial charge is 0.397 e. The Morgan fingerprint density at radius 1 is 1.11 bits per heavy atom. The predicted octanol–water partition coefficient (Wildman–Crippen LogP) is 1.91. The zero-order chi connectivity index (χ0) is 19.1. The van der Waals surface area contributed by atoms with Gasteiger partial charge in [0.15, 0.2) is 0 Å². The average Bonchev–Trinajstić information content (AvgIpc) is 2.98. The second-order valence-corrected chi connectivity index (χ2v) is 8.34. The van der Waals surface area contributed by atoms with Gasteiger partial charge >= 0.3 is 6.03 Å². The van der Waals surface area contributed by atoms with Crippen LogP contribution in [-0.4, -0.2) is 64.2 Å². The highest BCUT2D eigenvalue weighted by atomic mass is 32.1. The summed E-state index contributed by atoms with van der Waals surface area (Å²) in [5.41, 5.74) is 8.45. The number of carbonyl (C=O) groups is 2. The lowest BCUT2D eigenvalue weighted by molar-refractivity contribution is 0.0787. The van der Waals surface area contributed by atoms with Crippen molar-refractivity contribution in [3.05, 3.63) is 16.1 Å². The number of hydrogen-bond acceptors (Lipinski definition) is 6. The van der Waals surface area contributed by atoms with E-state index in [-0.39, 0.29) is 18.0 Å². The van der Waals surface area contributed by atoms with Gasteiger partial charge in [-0.15, -0.1) is 16.4 Å². The first-order valence-corrected chi connectivity index (χ1v) is 10.1. The summed E-state index contributed by atoms with van der Waals surface area (Å²) in [6.07, 6.45) is 3.35. The second kappa shape index (κ2) is 6.95. The van der Waals surface area contributed by atoms with Crippen molar-refractivity contribution in [2.75, 3.05) is 31.9 Å². The van der Waals surface area contributed by atoms with Crippen molar-refractivity contribution in [1.82, 2.24) is 25.3 Å². The van der Waals surface area contributed by atoms with Crippen LogP contribution in [0.2, 0.25) is 0 Å². The molecule has 2 aliphatic rings. The zero-order valence-corrected chi connectivity index (χ0v) is 16.4. The number of amides is 3. The van der Waals surface area contributed by atoms with Crippen LogP contribution in [0.4, 0.5) is 10.5 Å². The van der Waals surface area contributed by atoms with Crippen molar-refractivity contribution >= 4 is 39.2 Å². The molecule has 27 heavy (non-hydrogen) atoms. The number of aryl methyl sites for hydroxylation is 2. The third kappa shape index (κ3) is 3.20. The summed E-state index contributed by atoms with van der Waals surface area (Å²) in [7, 11) is 0. The predicted molar refractivity (Wildman–Crippen MR) is 105 cm³/mol. The third-order valence-corrected chi connectivity index (χ3v) is 6.54. The minimum absolute atomic E-state index is 0.0372. The molecule has 0 saturated carbocycles. The molecule has 3 amide bonds. The number of nitrogens with zero attached hydrogens (tertiary/aromatic N) is 4. The molecule has 0 aliphatic carbocycles. The first-order chi connectivity index (χ1) is 13.0. The summed E-state index contributed by atoms with van der Waals surface area (Å²) >= 11 is 1.26. The van der Waals surface area contributed by atoms with Crippen molar-refractivity contribution in [3.63, 3.8) is 0 Å². The number of piperidine rings is 1. The van der Waals surface area contributed by atoms with Crippen molar-refractivity contribution in [1.29, 1.82) is 0 Å². The number of nitrogens with two attached hydrogens (primary N) is 1. The van der Waals surface area contributed by atoms with Crippen LogP contribution in [-0.2, 0) is 0 Å². The quantitative estimate of drug-likeness (QED) is 0.818. The molecule has 0 spiro atoms. The Morgan fingerprint density at radius 2 is 1.81 bits per heavy atom. The number of rotatable bonds is 2. The van der Waals surface area contributed by atoms with E-state index >= 15 is 0 Å². The van der Waals surface area contributed by atoms with Gasteiger partial charge in [0.25, 0.3) is 5.91 Å². The van der Waals surface area contributed by atoms with E-state index in [9.17, 15) is 9.59 Å². The molecule has 0 unspecified atom stereocenters. The number of urea groups is 1. The Hall–Kier alpha value is -2.42. The lowest BCUT2D eigenvalue weighted by Gasteiger charge is -2.42. The molecule has 0 aromatic carbocycles. The van der Waals surface area contributed by atoms with Crippen LogP contribution in [0.25, 0.3) is 10.2 Å². The fourth-order valence-electron chi connectivity index (χ4n) is 3.67. The standard InChI is InChI=1S/C18H24N6O2S/c1-10-11(2)21-22-17-13(10)14(19)15(27-17)16(25)20-12-8-24(9-12)18(26)23-6-4-3-5-7-23/h12H,3-9,19H2,1-2H3,(H,20,25). The van der Waals surface area contributed by atoms with Crippen LogP contribution in [0, 0.1) is 13.8 Å². The Balaban J connectivity index is 1.39. The summed E-state index contributed by atoms with van der Waals surface area (Å²) in [5, 5.41) is 12.1. The average molecular weight is 388 g/mol. The summed E-state index contributed by atoms with van der Waals surface area (Å²) in [5.74, 6) is -0.206. The van der Waals surface area contributed by atoms with E-state index in [1.165, 1.54) is 17.8 Å². The van der Waals surface area contributed by atoms with Crippen molar-refractivity contribution in [3.8, 4) is 0 Å². The van der Waals surface area contributed by atoms with E-state index in [0.717, 1.165) is 42.6 Å². The van der Waals surface area contributed by atoms with Crippen LogP contribution >= 0.6 is 11.3 Å². The Morgan fingerprint density at radius 3 is 2.52 bits per heavy atom. The molecule has 4 heterocycles. The van der Waals surface area contributed by atoms with E-state index in [1.807, 2.05) is 18.7 Å². The molecule has 2 aromatic rings. The SMILES string of the molecule is Cc1nnc2sc(C(=O)NC3CN(C(=O)N4CCCCC4)C3)c(N)c2c1C. The fraction of sp³-hybridized carbons (Fsp3) is 0.556. The monoisotopic (exact) mass is 388 g/mol. The molecule has 2 saturated heterocycles. The highest BCUT2D eigenvalue weighted by Crippen LogP contribution is 2.34. The molecule has 3 N–H and O–H groups in total. The van der Waals surface area contributed by atoms with Crippen LogP contribution in [0.1, 0.15) is 40.2 Å². The van der Waals surface area contributed by atoms with Gasteiger partial charge in [-0.3, -0.25) is 4.79 Å². The number of nitrogen functional groups attached to an aromatic ring is 1. The maximum absolute atomic E-state index is 12.7. The summed E-state index contributed by atoms with van der Waals surface area (Å²) in [4.78, 5) is 29.9. The van der Waals surface area contributed by atoms with E-state index in [0.29, 0.717) is 28.5 Å². The number of carbonyl (C=O) groups excluding carboxylic acids is 2. The van der Waals surface area contributed by atoms with Gasteiger partial charge in [-0.1, -0.05) is 0 Å². The molecule has 144 valence electrons. The number of anilines is 1. The van der Waals surface area contributed by atoms with Gasteiger partial charge < -0.3 is 20.9 Å². The van der Waals surface area contributed by atoms with Gasteiger partial charge in [-0.05, 0) is 38.7 Å². The topological polar surface area (TPSA) is 104 Å². The van der Waals surface area contributed by atoms with Crippen LogP contribution < -0.4 is 11.1 Å². The summed E-state index contributed by atoms with van der Waals surface area (Å²) in [6.45, 7) is 6.58. The molecular weight excluding hydrogens is 364 g/mol. The molecule has 2 fully saturated rings. The Kier molecular flexibility index (Phi) is 4.63. The fourth-order valence-corrected chi connectivity index (χ4v) is 4.68. The maximum atomic E-state index is 12.7. The lowest BCUT2D eigenvalue weighted by Crippen LogP contribution is -2.63. The van der Waals surface area contributed by atoms with E-state index in [1.54, 1.807) is 4.90 Å². The number of nitrogens with one attached hydrogen (secondary N) is 1. The molecule has 0 radical (unpaired) electrons. The van der Waals surface area contributed by atoms with Crippen LogP contribution in [0.3, 0.4) is 0 Å². The first-order valence-electron chi connectivity index (χ1n) is 9.32. The minimum Gasteiger partial charge on any atom is -0.397 e. The Bertz CT molecular complexity index is 899. The van der Waals surface area contributed by atoms with Crippen LogP contribution in [0.5, 0.6) is 0 Å². The number of likely N-dealkylation sites (tertiary alicyclic amines) is 2. The van der Waals surface area contributed by atoms with Crippen LogP contribution in [0.15, 0.2) is 0 Å². The molecule has 8 nitrogen and oxygen atoms in total. The molecule has 0 atom stereocenters. The zero-order valence-electron chi connectivity index (χ0n) is 15.6. The van der Waals surface area contributed by atoms with E-state index in [2.05, 4.69) is 15.5 Å². The van der Waals surface area contributed by atoms with Gasteiger partial charge in [-0.25, -0.2) is 4.79 Å². The van der Waals surface area contributed by atoms with Crippen molar-refractivity contribution < 1.29 is 9.59 Å². The third-order valence-electron chi connectivity index (χ3n) is 5.46. The molecule has 2 aromatic heterocycles.